The number of alkyl carbamates (subject to hydrolysis) is 1. The molecule has 0 fully saturated rings. The van der Waals surface area contributed by atoms with Crippen LogP contribution in [0.5, 0.6) is 0 Å². The zero-order valence-corrected chi connectivity index (χ0v) is 19.1. The van der Waals surface area contributed by atoms with Crippen molar-refractivity contribution in [2.24, 2.45) is 0 Å². The fraction of sp³-hybridized carbons (Fsp3) is 0.231. The van der Waals surface area contributed by atoms with E-state index in [1.165, 1.54) is 22.9 Å². The highest BCUT2D eigenvalue weighted by molar-refractivity contribution is 5.98. The predicted molar refractivity (Wildman–Crippen MR) is 129 cm³/mol. The van der Waals surface area contributed by atoms with Gasteiger partial charge >= 0.3 is 12.1 Å². The van der Waals surface area contributed by atoms with E-state index < -0.39 is 30.4 Å². The number of nitrogens with one attached hydrogen (secondary N) is 2. The lowest BCUT2D eigenvalue weighted by Crippen LogP contribution is -2.45. The lowest BCUT2D eigenvalue weighted by Gasteiger charge is -2.19. The molecule has 1 aliphatic carbocycles. The molecular weight excluding hydrogens is 450 g/mol. The maximum atomic E-state index is 12.7. The number of nitrogens with zero attached hydrogens (tertiary/aromatic N) is 1. The van der Waals surface area contributed by atoms with E-state index >= 15 is 0 Å². The van der Waals surface area contributed by atoms with Gasteiger partial charge in [-0.25, -0.2) is 4.79 Å². The van der Waals surface area contributed by atoms with E-state index in [-0.39, 0.29) is 18.1 Å². The molecule has 1 heterocycles. The fourth-order valence-corrected chi connectivity index (χ4v) is 4.25. The Balaban J connectivity index is 1.43. The van der Waals surface area contributed by atoms with E-state index in [0.717, 1.165) is 22.3 Å². The zero-order chi connectivity index (χ0) is 24.9. The number of hydrogen-bond donors (Lipinski definition) is 3. The van der Waals surface area contributed by atoms with Crippen molar-refractivity contribution in [2.75, 3.05) is 11.9 Å². The molecule has 2 amide bonds. The number of ether oxygens (including phenoxy) is 1. The molecule has 1 aromatic heterocycles. The second-order valence-electron chi connectivity index (χ2n) is 8.15. The third kappa shape index (κ3) is 5.24. The lowest BCUT2D eigenvalue weighted by atomic mass is 9.98. The van der Waals surface area contributed by atoms with Crippen LogP contribution in [0.25, 0.3) is 11.1 Å². The monoisotopic (exact) mass is 475 g/mol. The summed E-state index contributed by atoms with van der Waals surface area (Å²) in [5.41, 5.74) is 4.30. The van der Waals surface area contributed by atoms with Crippen LogP contribution < -0.4 is 16.2 Å². The molecule has 35 heavy (non-hydrogen) atoms. The van der Waals surface area contributed by atoms with Crippen LogP contribution in [-0.2, 0) is 20.9 Å². The number of aryl methyl sites for hydroxylation is 1. The predicted octanol–water partition coefficient (Wildman–Crippen LogP) is 3.19. The summed E-state index contributed by atoms with van der Waals surface area (Å²) in [6.45, 7) is 2.21. The van der Waals surface area contributed by atoms with Crippen molar-refractivity contribution in [3.63, 3.8) is 0 Å². The number of carbonyl (C=O) groups is 3. The molecular formula is C26H25N3O6. The van der Waals surface area contributed by atoms with Gasteiger partial charge in [-0.15, -0.1) is 0 Å². The first-order chi connectivity index (χ1) is 16.9. The number of rotatable bonds is 8. The third-order valence-corrected chi connectivity index (χ3v) is 5.92. The van der Waals surface area contributed by atoms with Crippen molar-refractivity contribution in [2.45, 2.75) is 31.8 Å². The Morgan fingerprint density at radius 3 is 2.23 bits per heavy atom. The summed E-state index contributed by atoms with van der Waals surface area (Å²) in [6, 6.07) is 17.1. The van der Waals surface area contributed by atoms with Gasteiger partial charge in [0.1, 0.15) is 12.6 Å². The number of carboxylic acids is 1. The number of anilines is 1. The molecule has 4 rings (SSSR count). The van der Waals surface area contributed by atoms with Gasteiger partial charge < -0.3 is 25.0 Å². The van der Waals surface area contributed by atoms with Crippen molar-refractivity contribution >= 4 is 23.7 Å². The van der Waals surface area contributed by atoms with E-state index in [4.69, 9.17) is 4.74 Å². The molecule has 3 N–H and O–H groups in total. The number of carboxylic acid groups (broad SMARTS) is 1. The Morgan fingerprint density at radius 2 is 1.63 bits per heavy atom. The molecule has 0 aliphatic heterocycles. The van der Waals surface area contributed by atoms with Crippen molar-refractivity contribution in [3.8, 4) is 11.1 Å². The first-order valence-electron chi connectivity index (χ1n) is 11.2. The Labute approximate surface area is 201 Å². The summed E-state index contributed by atoms with van der Waals surface area (Å²) in [7, 11) is 0. The van der Waals surface area contributed by atoms with Crippen LogP contribution in [0.4, 0.5) is 10.5 Å². The van der Waals surface area contributed by atoms with Gasteiger partial charge in [-0.1, -0.05) is 48.5 Å². The molecule has 1 unspecified atom stereocenters. The number of carbonyl (C=O) groups excluding carboxylic acids is 2. The molecule has 0 saturated carbocycles. The summed E-state index contributed by atoms with van der Waals surface area (Å²) < 4.78 is 6.83. The SMILES string of the molecule is CCn1cc(NC(=O)C(CC(=O)O)NC(=O)OCC2c3ccccc3-c3ccccc32)ccc1=O. The molecule has 9 heteroatoms. The summed E-state index contributed by atoms with van der Waals surface area (Å²) >= 11 is 0. The summed E-state index contributed by atoms with van der Waals surface area (Å²) in [5, 5.41) is 14.1. The average molecular weight is 476 g/mol. The summed E-state index contributed by atoms with van der Waals surface area (Å²) in [5.74, 6) is -2.17. The Bertz CT molecular complexity index is 1290. The molecule has 2 aromatic carbocycles. The number of aliphatic carboxylic acids is 1. The molecule has 180 valence electrons. The Hall–Kier alpha value is -4.40. The average Bonchev–Trinajstić information content (AvgIpc) is 3.17. The fourth-order valence-electron chi connectivity index (χ4n) is 4.25. The minimum Gasteiger partial charge on any atom is -0.481 e. The summed E-state index contributed by atoms with van der Waals surface area (Å²) in [4.78, 5) is 48.4. The number of hydrogen-bond acceptors (Lipinski definition) is 5. The van der Waals surface area contributed by atoms with Crippen LogP contribution in [0.2, 0.25) is 0 Å². The summed E-state index contributed by atoms with van der Waals surface area (Å²) in [6.07, 6.45) is -0.0822. The molecule has 1 aliphatic rings. The topological polar surface area (TPSA) is 127 Å². The van der Waals surface area contributed by atoms with Gasteiger partial charge in [0.25, 0.3) is 5.56 Å². The number of benzene rings is 2. The maximum Gasteiger partial charge on any atom is 0.407 e. The molecule has 9 nitrogen and oxygen atoms in total. The van der Waals surface area contributed by atoms with Crippen LogP contribution in [0.15, 0.2) is 71.7 Å². The normalized spacial score (nSPS) is 12.8. The van der Waals surface area contributed by atoms with Crippen molar-refractivity contribution in [1.82, 2.24) is 9.88 Å². The van der Waals surface area contributed by atoms with Gasteiger partial charge in [0.2, 0.25) is 5.91 Å². The van der Waals surface area contributed by atoms with Gasteiger partial charge in [0, 0.05) is 24.7 Å². The van der Waals surface area contributed by atoms with Gasteiger partial charge in [0.05, 0.1) is 12.1 Å². The van der Waals surface area contributed by atoms with Gasteiger partial charge in [-0.3, -0.25) is 14.4 Å². The van der Waals surface area contributed by atoms with Crippen LogP contribution in [0.1, 0.15) is 30.4 Å². The molecule has 0 radical (unpaired) electrons. The quantitative estimate of drug-likeness (QED) is 0.459. The van der Waals surface area contributed by atoms with Crippen LogP contribution in [0, 0.1) is 0 Å². The van der Waals surface area contributed by atoms with E-state index in [9.17, 15) is 24.3 Å². The molecule has 3 aromatic rings. The van der Waals surface area contributed by atoms with Crippen LogP contribution in [0.3, 0.4) is 0 Å². The highest BCUT2D eigenvalue weighted by Crippen LogP contribution is 2.44. The molecule has 0 saturated heterocycles. The smallest absolute Gasteiger partial charge is 0.407 e. The van der Waals surface area contributed by atoms with Gasteiger partial charge in [0.15, 0.2) is 0 Å². The largest absolute Gasteiger partial charge is 0.481 e. The van der Waals surface area contributed by atoms with Crippen LogP contribution >= 0.6 is 0 Å². The molecule has 0 spiro atoms. The maximum absolute atomic E-state index is 12.7. The number of aromatic nitrogens is 1. The van der Waals surface area contributed by atoms with Crippen molar-refractivity contribution < 1.29 is 24.2 Å². The lowest BCUT2D eigenvalue weighted by molar-refractivity contribution is -0.139. The third-order valence-electron chi connectivity index (χ3n) is 5.92. The Morgan fingerprint density at radius 1 is 1.00 bits per heavy atom. The zero-order valence-electron chi connectivity index (χ0n) is 19.1. The minimum absolute atomic E-state index is 0.0305. The first kappa shape index (κ1) is 23.7. The Kier molecular flexibility index (Phi) is 6.96. The number of pyridine rings is 1. The highest BCUT2D eigenvalue weighted by atomic mass is 16.5. The van der Waals surface area contributed by atoms with Gasteiger partial charge in [-0.05, 0) is 35.2 Å². The molecule has 0 bridgehead atoms. The molecule has 1 atom stereocenters. The van der Waals surface area contributed by atoms with E-state index in [1.807, 2.05) is 48.5 Å². The van der Waals surface area contributed by atoms with E-state index in [2.05, 4.69) is 10.6 Å². The minimum atomic E-state index is -1.37. The van der Waals surface area contributed by atoms with Crippen LogP contribution in [-0.4, -0.2) is 40.3 Å². The van der Waals surface area contributed by atoms with Gasteiger partial charge in [-0.2, -0.15) is 0 Å². The second kappa shape index (κ2) is 10.3. The van der Waals surface area contributed by atoms with Crippen molar-refractivity contribution in [1.29, 1.82) is 0 Å². The number of fused-ring (bicyclic) bond motifs is 3. The van der Waals surface area contributed by atoms with E-state index in [1.54, 1.807) is 6.92 Å². The number of amides is 2. The highest BCUT2D eigenvalue weighted by Gasteiger charge is 2.30. The second-order valence-corrected chi connectivity index (χ2v) is 8.15. The van der Waals surface area contributed by atoms with E-state index in [0.29, 0.717) is 12.2 Å². The van der Waals surface area contributed by atoms with Crippen molar-refractivity contribution in [3.05, 3.63) is 88.3 Å². The standard InChI is InChI=1S/C26H25N3O6/c1-2-29-14-16(11-12-23(29)30)27-25(33)22(13-24(31)32)28-26(34)35-15-21-19-9-5-3-7-17(19)18-8-4-6-10-20(18)21/h3-12,14,21-22H,2,13,15H2,1H3,(H,27,33)(H,28,34)(H,31,32). The first-order valence-corrected chi connectivity index (χ1v) is 11.2.